The Bertz CT molecular complexity index is 852. The zero-order valence-electron chi connectivity index (χ0n) is 16.8. The van der Waals surface area contributed by atoms with E-state index in [9.17, 15) is 14.7 Å². The molecule has 0 fully saturated rings. The van der Waals surface area contributed by atoms with Gasteiger partial charge in [-0.25, -0.2) is 0 Å². The monoisotopic (exact) mass is 385 g/mol. The summed E-state index contributed by atoms with van der Waals surface area (Å²) >= 11 is 0. The van der Waals surface area contributed by atoms with E-state index in [0.717, 1.165) is 5.70 Å². The Kier molecular flexibility index (Phi) is 5.70. The van der Waals surface area contributed by atoms with Crippen LogP contribution in [0.5, 0.6) is 5.75 Å². The Labute approximate surface area is 165 Å². The van der Waals surface area contributed by atoms with Gasteiger partial charge in [0.05, 0.1) is 6.61 Å². The van der Waals surface area contributed by atoms with Crippen LogP contribution in [0.3, 0.4) is 0 Å². The first kappa shape index (κ1) is 20.3. The first-order chi connectivity index (χ1) is 13.2. The molecule has 1 aliphatic carbocycles. The molecule has 0 spiro atoms. The van der Waals surface area contributed by atoms with Gasteiger partial charge < -0.3 is 14.6 Å². The molecule has 1 unspecified atom stereocenters. The van der Waals surface area contributed by atoms with E-state index in [1.165, 1.54) is 7.11 Å². The van der Waals surface area contributed by atoms with Crippen molar-refractivity contribution in [2.24, 2.45) is 16.3 Å². The maximum Gasteiger partial charge on any atom is 0.315 e. The highest BCUT2D eigenvalue weighted by Crippen LogP contribution is 2.48. The second-order valence-electron chi connectivity index (χ2n) is 8.27. The molecule has 1 N–H and O–H groups in total. The Morgan fingerprint density at radius 1 is 1.29 bits per heavy atom. The van der Waals surface area contributed by atoms with E-state index in [1.807, 2.05) is 19.9 Å². The van der Waals surface area contributed by atoms with Crippen LogP contribution in [-0.4, -0.2) is 42.9 Å². The molecule has 1 aromatic rings. The van der Waals surface area contributed by atoms with Gasteiger partial charge in [-0.1, -0.05) is 26.0 Å². The molecule has 1 aliphatic heterocycles. The van der Waals surface area contributed by atoms with E-state index in [0.29, 0.717) is 36.3 Å². The number of phenolic OH excluding ortho intramolecular Hbond substituents is 1. The van der Waals surface area contributed by atoms with E-state index in [1.54, 1.807) is 25.1 Å². The lowest BCUT2D eigenvalue weighted by molar-refractivity contribution is -0.147. The zero-order valence-corrected chi connectivity index (χ0v) is 16.8. The zero-order chi connectivity index (χ0) is 20.5. The second kappa shape index (κ2) is 7.87. The van der Waals surface area contributed by atoms with E-state index in [-0.39, 0.29) is 23.6 Å². The van der Waals surface area contributed by atoms with Crippen LogP contribution in [0.25, 0.3) is 0 Å². The summed E-state index contributed by atoms with van der Waals surface area (Å²) in [7, 11) is 1.54. The maximum absolute atomic E-state index is 13.1. The quantitative estimate of drug-likeness (QED) is 0.620. The van der Waals surface area contributed by atoms with Crippen molar-refractivity contribution >= 4 is 17.5 Å². The van der Waals surface area contributed by atoms with Crippen molar-refractivity contribution in [2.75, 3.05) is 20.3 Å². The van der Waals surface area contributed by atoms with Crippen molar-refractivity contribution in [3.63, 3.8) is 0 Å². The Morgan fingerprint density at radius 3 is 2.71 bits per heavy atom. The lowest BCUT2D eigenvalue weighted by Crippen LogP contribution is -2.39. The molecule has 150 valence electrons. The van der Waals surface area contributed by atoms with Crippen molar-refractivity contribution in [1.29, 1.82) is 0 Å². The van der Waals surface area contributed by atoms with E-state index in [2.05, 4.69) is 4.99 Å². The number of esters is 1. The fraction of sp³-hybridized carbons (Fsp3) is 0.500. The van der Waals surface area contributed by atoms with Crippen molar-refractivity contribution in [3.8, 4) is 5.75 Å². The topological polar surface area (TPSA) is 85.2 Å². The van der Waals surface area contributed by atoms with E-state index >= 15 is 0 Å². The number of benzene rings is 1. The molecule has 28 heavy (non-hydrogen) atoms. The van der Waals surface area contributed by atoms with Gasteiger partial charge in [0.2, 0.25) is 0 Å². The molecule has 2 aliphatic rings. The molecule has 2 atom stereocenters. The number of ether oxygens (including phenoxy) is 2. The molecular formula is C22H27NO5. The van der Waals surface area contributed by atoms with Gasteiger partial charge in [-0.15, -0.1) is 0 Å². The smallest absolute Gasteiger partial charge is 0.315 e. The minimum atomic E-state index is -0.706. The average molecular weight is 385 g/mol. The third-order valence-corrected chi connectivity index (χ3v) is 5.32. The summed E-state index contributed by atoms with van der Waals surface area (Å²) in [4.78, 5) is 30.7. The van der Waals surface area contributed by atoms with E-state index < -0.39 is 17.8 Å². The number of aliphatic imine (C=N–C) groups is 1. The molecule has 0 radical (unpaired) electrons. The summed E-state index contributed by atoms with van der Waals surface area (Å²) in [5, 5.41) is 9.99. The number of hydrogen-bond donors (Lipinski definition) is 1. The number of nitrogens with zero attached hydrogens (tertiary/aromatic N) is 1. The molecular weight excluding hydrogens is 358 g/mol. The fourth-order valence-corrected chi connectivity index (χ4v) is 4.14. The van der Waals surface area contributed by atoms with Gasteiger partial charge in [-0.05, 0) is 36.5 Å². The molecule has 1 aromatic carbocycles. The number of aromatic hydroxyl groups is 1. The van der Waals surface area contributed by atoms with Crippen molar-refractivity contribution in [3.05, 3.63) is 41.1 Å². The van der Waals surface area contributed by atoms with Crippen molar-refractivity contribution < 1.29 is 24.2 Å². The van der Waals surface area contributed by atoms with Gasteiger partial charge in [0.25, 0.3) is 0 Å². The number of hydrogen-bond acceptors (Lipinski definition) is 6. The summed E-state index contributed by atoms with van der Waals surface area (Å²) in [6, 6.07) is 6.73. The number of allylic oxidation sites excluding steroid dienone is 2. The summed E-state index contributed by atoms with van der Waals surface area (Å²) in [5.74, 6) is -1.56. The van der Waals surface area contributed by atoms with Crippen LogP contribution in [0.2, 0.25) is 0 Å². The Hall–Kier alpha value is -2.47. The van der Waals surface area contributed by atoms with Crippen LogP contribution in [0.4, 0.5) is 0 Å². The predicted octanol–water partition coefficient (Wildman–Crippen LogP) is 3.40. The first-order valence-electron chi connectivity index (χ1n) is 9.49. The molecule has 0 saturated carbocycles. The van der Waals surface area contributed by atoms with Crippen LogP contribution in [0.15, 0.2) is 40.5 Å². The SMILES string of the molecule is COCCOC(=O)C1C(C)=NC2=C(C(=O)CC(C)(C)C2)[C@H]1c1cccc(O)c1. The number of phenols is 1. The molecule has 0 bridgehead atoms. The van der Waals surface area contributed by atoms with Gasteiger partial charge in [0.15, 0.2) is 5.78 Å². The number of carbonyl (C=O) groups excluding carboxylic acids is 2. The number of rotatable bonds is 5. The third kappa shape index (κ3) is 4.02. The van der Waals surface area contributed by atoms with Crippen LogP contribution in [-0.2, 0) is 19.1 Å². The van der Waals surface area contributed by atoms with Gasteiger partial charge >= 0.3 is 5.97 Å². The molecule has 0 aromatic heterocycles. The minimum absolute atomic E-state index is 0.00512. The lowest BCUT2D eigenvalue weighted by atomic mass is 9.67. The summed E-state index contributed by atoms with van der Waals surface area (Å²) in [6.07, 6.45) is 1.08. The molecule has 0 amide bonds. The molecule has 1 heterocycles. The van der Waals surface area contributed by atoms with Crippen molar-refractivity contribution in [1.82, 2.24) is 0 Å². The van der Waals surface area contributed by atoms with Gasteiger partial charge in [0.1, 0.15) is 18.3 Å². The standard InChI is InChI=1S/C22H27NO5/c1-13-18(21(26)28-9-8-27-4)19(14-6-5-7-15(24)10-14)20-16(23-13)11-22(2,3)12-17(20)25/h5-7,10,18-19,24H,8-9,11-12H2,1-4H3/t18?,19-/m0/s1. The predicted molar refractivity (Wildman–Crippen MR) is 105 cm³/mol. The van der Waals surface area contributed by atoms with Crippen LogP contribution >= 0.6 is 0 Å². The summed E-state index contributed by atoms with van der Waals surface area (Å²) < 4.78 is 10.3. The highest BCUT2D eigenvalue weighted by Gasteiger charge is 2.46. The number of methoxy groups -OCH3 is 1. The Morgan fingerprint density at radius 2 is 2.04 bits per heavy atom. The number of carbonyl (C=O) groups is 2. The van der Waals surface area contributed by atoms with Crippen molar-refractivity contribution in [2.45, 2.75) is 39.5 Å². The summed E-state index contributed by atoms with van der Waals surface area (Å²) in [5.41, 5.74) is 2.48. The van der Waals surface area contributed by atoms with Crippen LogP contribution < -0.4 is 0 Å². The van der Waals surface area contributed by atoms with Crippen LogP contribution in [0.1, 0.15) is 45.1 Å². The second-order valence-corrected chi connectivity index (χ2v) is 8.27. The van der Waals surface area contributed by atoms with Crippen LogP contribution in [0, 0.1) is 11.3 Å². The number of ketones is 1. The molecule has 3 rings (SSSR count). The lowest BCUT2D eigenvalue weighted by Gasteiger charge is -2.39. The normalized spacial score (nSPS) is 23.9. The van der Waals surface area contributed by atoms with Gasteiger partial charge in [0, 0.05) is 36.4 Å². The third-order valence-electron chi connectivity index (χ3n) is 5.32. The maximum atomic E-state index is 13.1. The summed E-state index contributed by atoms with van der Waals surface area (Å²) in [6.45, 7) is 6.33. The van der Waals surface area contributed by atoms with Gasteiger partial charge in [-0.2, -0.15) is 0 Å². The highest BCUT2D eigenvalue weighted by atomic mass is 16.6. The fourth-order valence-electron chi connectivity index (χ4n) is 4.14. The molecule has 0 saturated heterocycles. The molecule has 6 heteroatoms. The largest absolute Gasteiger partial charge is 0.508 e. The first-order valence-corrected chi connectivity index (χ1v) is 9.49. The highest BCUT2D eigenvalue weighted by molar-refractivity contribution is 6.09. The Balaban J connectivity index is 2.08. The molecule has 6 nitrogen and oxygen atoms in total. The number of Topliss-reactive ketones (excluding diaryl/α,β-unsaturated/α-hetero) is 1. The van der Waals surface area contributed by atoms with Gasteiger partial charge in [-0.3, -0.25) is 14.6 Å². The minimum Gasteiger partial charge on any atom is -0.508 e. The average Bonchev–Trinajstić information content (AvgIpc) is 2.59. The van der Waals surface area contributed by atoms with E-state index in [4.69, 9.17) is 9.47 Å².